The number of benzene rings is 8. The van der Waals surface area contributed by atoms with Gasteiger partial charge < -0.3 is 0 Å². The molecule has 1 spiro atoms. The lowest BCUT2D eigenvalue weighted by atomic mass is 9.70. The van der Waals surface area contributed by atoms with Gasteiger partial charge in [-0.25, -0.2) is 0 Å². The van der Waals surface area contributed by atoms with E-state index in [-0.39, 0.29) is 5.41 Å². The van der Waals surface area contributed by atoms with E-state index in [2.05, 4.69) is 176 Å². The van der Waals surface area contributed by atoms with Crippen molar-refractivity contribution in [2.45, 2.75) is 5.41 Å². The summed E-state index contributed by atoms with van der Waals surface area (Å²) in [5, 5.41) is 3.52. The van der Waals surface area contributed by atoms with Crippen LogP contribution in [0.2, 0.25) is 0 Å². The van der Waals surface area contributed by atoms with E-state index < -0.39 is 0 Å². The van der Waals surface area contributed by atoms with E-state index in [1.165, 1.54) is 88.7 Å². The molecule has 11 rings (SSSR count). The summed E-state index contributed by atoms with van der Waals surface area (Å²) in [5.74, 6) is 0. The SMILES string of the molecule is c1ccc(-c2cccc(-c3cc(-c4ccc5c(c4)C4(c6ccccc6-c6ccccc64)c4ccccc4-5)cc4c3ccc3cccnc34)c2)cc1. The standard InChI is InChI=1S/C50H31N/c1-2-12-32(13-3-1)34-14-10-15-36(28-34)43-29-37(30-44-38(43)25-23-33-16-11-27-51-49(33)44)35-24-26-42-41-19-6-9-22-47(41)50(48(42)31-35)45-20-7-4-17-39(45)40-18-5-8-21-46(40)50/h1-31H. The van der Waals surface area contributed by atoms with Gasteiger partial charge in [-0.1, -0.05) is 152 Å². The molecule has 2 aliphatic rings. The van der Waals surface area contributed by atoms with Gasteiger partial charge in [-0.2, -0.15) is 0 Å². The Morgan fingerprint density at radius 3 is 1.65 bits per heavy atom. The second kappa shape index (κ2) is 10.7. The Labute approximate surface area is 297 Å². The summed E-state index contributed by atoms with van der Waals surface area (Å²) >= 11 is 0. The monoisotopic (exact) mass is 645 g/mol. The fraction of sp³-hybridized carbons (Fsp3) is 0.0200. The minimum Gasteiger partial charge on any atom is -0.256 e. The van der Waals surface area contributed by atoms with Crippen LogP contribution in [0.5, 0.6) is 0 Å². The van der Waals surface area contributed by atoms with Crippen molar-refractivity contribution < 1.29 is 0 Å². The molecule has 0 fully saturated rings. The zero-order valence-electron chi connectivity index (χ0n) is 27.8. The first-order valence-electron chi connectivity index (χ1n) is 17.7. The first kappa shape index (κ1) is 28.3. The fourth-order valence-electron chi connectivity index (χ4n) is 9.16. The quantitative estimate of drug-likeness (QED) is 0.174. The van der Waals surface area contributed by atoms with E-state index in [9.17, 15) is 0 Å². The van der Waals surface area contributed by atoms with Crippen LogP contribution in [0.3, 0.4) is 0 Å². The van der Waals surface area contributed by atoms with Crippen molar-refractivity contribution in [2.24, 2.45) is 0 Å². The highest BCUT2D eigenvalue weighted by Crippen LogP contribution is 2.63. The van der Waals surface area contributed by atoms with Crippen molar-refractivity contribution in [3.8, 4) is 55.6 Å². The average molecular weight is 646 g/mol. The molecule has 9 aromatic rings. The number of fused-ring (bicyclic) bond motifs is 13. The Morgan fingerprint density at radius 1 is 0.314 bits per heavy atom. The highest BCUT2D eigenvalue weighted by atomic mass is 14.6. The zero-order valence-corrected chi connectivity index (χ0v) is 27.8. The van der Waals surface area contributed by atoms with Gasteiger partial charge in [0.2, 0.25) is 0 Å². The van der Waals surface area contributed by atoms with Crippen molar-refractivity contribution in [2.75, 3.05) is 0 Å². The van der Waals surface area contributed by atoms with Crippen LogP contribution in [-0.2, 0) is 5.41 Å². The van der Waals surface area contributed by atoms with Crippen molar-refractivity contribution in [3.05, 3.63) is 210 Å². The first-order chi connectivity index (χ1) is 25.3. The van der Waals surface area contributed by atoms with Gasteiger partial charge in [-0.15, -0.1) is 0 Å². The third-order valence-corrected chi connectivity index (χ3v) is 11.3. The van der Waals surface area contributed by atoms with E-state index in [1.807, 2.05) is 12.3 Å². The second-order valence-corrected chi connectivity index (χ2v) is 13.9. The lowest BCUT2D eigenvalue weighted by molar-refractivity contribution is 0.794. The number of hydrogen-bond donors (Lipinski definition) is 0. The van der Waals surface area contributed by atoms with Crippen molar-refractivity contribution in [1.29, 1.82) is 0 Å². The summed E-state index contributed by atoms with van der Waals surface area (Å²) in [7, 11) is 0. The Balaban J connectivity index is 1.19. The number of rotatable bonds is 3. The summed E-state index contributed by atoms with van der Waals surface area (Å²) < 4.78 is 0. The third-order valence-electron chi connectivity index (χ3n) is 11.3. The summed E-state index contributed by atoms with van der Waals surface area (Å²) in [6, 6.07) is 67.3. The molecular formula is C50H31N. The highest BCUT2D eigenvalue weighted by Gasteiger charge is 2.51. The lowest BCUT2D eigenvalue weighted by Gasteiger charge is -2.30. The molecule has 2 aliphatic carbocycles. The van der Waals surface area contributed by atoms with Crippen LogP contribution in [0, 0.1) is 0 Å². The van der Waals surface area contributed by atoms with Gasteiger partial charge in [0.25, 0.3) is 0 Å². The topological polar surface area (TPSA) is 12.9 Å². The maximum absolute atomic E-state index is 4.94. The first-order valence-corrected chi connectivity index (χ1v) is 17.7. The number of hydrogen-bond acceptors (Lipinski definition) is 1. The van der Waals surface area contributed by atoms with Gasteiger partial charge in [-0.05, 0) is 114 Å². The molecule has 0 unspecified atom stereocenters. The van der Waals surface area contributed by atoms with Crippen LogP contribution in [0.1, 0.15) is 22.3 Å². The van der Waals surface area contributed by atoms with Gasteiger partial charge in [0.05, 0.1) is 10.9 Å². The third kappa shape index (κ3) is 3.95. The van der Waals surface area contributed by atoms with Gasteiger partial charge in [0.15, 0.2) is 0 Å². The van der Waals surface area contributed by atoms with Crippen LogP contribution in [-0.4, -0.2) is 4.98 Å². The molecule has 1 heterocycles. The van der Waals surface area contributed by atoms with Crippen LogP contribution in [0.25, 0.3) is 77.3 Å². The molecule has 1 heteroatoms. The van der Waals surface area contributed by atoms with E-state index in [0.717, 1.165) is 10.9 Å². The molecule has 236 valence electrons. The Morgan fingerprint density at radius 2 is 0.922 bits per heavy atom. The van der Waals surface area contributed by atoms with E-state index in [0.29, 0.717) is 0 Å². The molecule has 8 aromatic carbocycles. The van der Waals surface area contributed by atoms with Crippen LogP contribution in [0.4, 0.5) is 0 Å². The normalized spacial score (nSPS) is 13.3. The largest absolute Gasteiger partial charge is 0.256 e. The second-order valence-electron chi connectivity index (χ2n) is 13.9. The number of pyridine rings is 1. The van der Waals surface area contributed by atoms with Crippen LogP contribution < -0.4 is 0 Å². The van der Waals surface area contributed by atoms with Crippen molar-refractivity contribution in [1.82, 2.24) is 4.98 Å². The van der Waals surface area contributed by atoms with E-state index in [4.69, 9.17) is 4.98 Å². The number of nitrogens with zero attached hydrogens (tertiary/aromatic N) is 1. The molecule has 1 aromatic heterocycles. The predicted octanol–water partition coefficient (Wildman–Crippen LogP) is 12.7. The summed E-state index contributed by atoms with van der Waals surface area (Å²) in [5.41, 5.74) is 18.6. The molecule has 0 saturated carbocycles. The predicted molar refractivity (Wildman–Crippen MR) is 212 cm³/mol. The van der Waals surface area contributed by atoms with Gasteiger partial charge in [0.1, 0.15) is 0 Å². The van der Waals surface area contributed by atoms with E-state index in [1.54, 1.807) is 0 Å². The summed E-state index contributed by atoms with van der Waals surface area (Å²) in [4.78, 5) is 4.94. The maximum Gasteiger partial charge on any atom is 0.0780 e. The highest BCUT2D eigenvalue weighted by molar-refractivity contribution is 6.12. The molecule has 0 amide bonds. The van der Waals surface area contributed by atoms with E-state index >= 15 is 0 Å². The minimum absolute atomic E-state index is 0.382. The zero-order chi connectivity index (χ0) is 33.5. The Kier molecular flexibility index (Phi) is 5.94. The maximum atomic E-state index is 4.94. The fourth-order valence-corrected chi connectivity index (χ4v) is 9.16. The molecule has 0 atom stereocenters. The van der Waals surface area contributed by atoms with Crippen molar-refractivity contribution in [3.63, 3.8) is 0 Å². The Hall–Kier alpha value is -6.57. The number of aromatic nitrogens is 1. The molecule has 0 aliphatic heterocycles. The van der Waals surface area contributed by atoms with Gasteiger partial charge >= 0.3 is 0 Å². The Bertz CT molecular complexity index is 2800. The molecular weight excluding hydrogens is 615 g/mol. The molecule has 0 radical (unpaired) electrons. The summed E-state index contributed by atoms with van der Waals surface area (Å²) in [6.07, 6.45) is 1.91. The van der Waals surface area contributed by atoms with Gasteiger partial charge in [-0.3, -0.25) is 4.98 Å². The molecule has 51 heavy (non-hydrogen) atoms. The van der Waals surface area contributed by atoms with Gasteiger partial charge in [0, 0.05) is 17.0 Å². The van der Waals surface area contributed by atoms with Crippen LogP contribution >= 0.6 is 0 Å². The molecule has 0 bridgehead atoms. The van der Waals surface area contributed by atoms with Crippen molar-refractivity contribution >= 4 is 21.7 Å². The molecule has 1 nitrogen and oxygen atoms in total. The van der Waals surface area contributed by atoms with Crippen LogP contribution in [0.15, 0.2) is 188 Å². The summed E-state index contributed by atoms with van der Waals surface area (Å²) in [6.45, 7) is 0. The minimum atomic E-state index is -0.382. The molecule has 0 saturated heterocycles. The smallest absolute Gasteiger partial charge is 0.0780 e. The lowest BCUT2D eigenvalue weighted by Crippen LogP contribution is -2.25. The average Bonchev–Trinajstić information content (AvgIpc) is 3.68. The molecule has 0 N–H and O–H groups in total.